The average molecular weight is 463 g/mol. The molecule has 2 aliphatic heterocycles. The Balaban J connectivity index is 1.35. The van der Waals surface area contributed by atoms with Crippen molar-refractivity contribution in [3.05, 3.63) is 70.0 Å². The third kappa shape index (κ3) is 5.17. The molecule has 2 amide bonds. The highest BCUT2D eigenvalue weighted by molar-refractivity contribution is 5.83. The number of hydrogen-bond donors (Lipinski definition) is 2. The summed E-state index contributed by atoms with van der Waals surface area (Å²) >= 11 is 0. The lowest BCUT2D eigenvalue weighted by atomic mass is 10.1. The van der Waals surface area contributed by atoms with Crippen LogP contribution in [0.5, 0.6) is 11.5 Å². The molecule has 5 rings (SSSR count). The van der Waals surface area contributed by atoms with Gasteiger partial charge in [0, 0.05) is 36.7 Å². The Bertz CT molecular complexity index is 1200. The number of pyridine rings is 1. The number of nitrogens with one attached hydrogen (secondary N) is 2. The van der Waals surface area contributed by atoms with Crippen molar-refractivity contribution in [1.82, 2.24) is 20.1 Å². The third-order valence-electron chi connectivity index (χ3n) is 6.40. The highest BCUT2D eigenvalue weighted by atomic mass is 16.6. The fourth-order valence-electron chi connectivity index (χ4n) is 4.52. The van der Waals surface area contributed by atoms with Gasteiger partial charge >= 0.3 is 6.03 Å². The zero-order chi connectivity index (χ0) is 23.3. The van der Waals surface area contributed by atoms with Crippen LogP contribution >= 0.6 is 0 Å². The number of ether oxygens (including phenoxy) is 2. The van der Waals surface area contributed by atoms with Crippen LogP contribution in [0.25, 0.3) is 10.9 Å². The molecule has 0 spiro atoms. The number of urea groups is 1. The largest absolute Gasteiger partial charge is 0.486 e. The Labute approximate surface area is 198 Å². The molecule has 2 aliphatic rings. The van der Waals surface area contributed by atoms with Crippen LogP contribution in [0.15, 0.2) is 53.3 Å². The summed E-state index contributed by atoms with van der Waals surface area (Å²) in [5.74, 6) is 1.30. The number of amides is 2. The fraction of sp³-hybridized carbons (Fsp3) is 0.385. The van der Waals surface area contributed by atoms with Crippen molar-refractivity contribution in [1.29, 1.82) is 0 Å². The number of likely N-dealkylation sites (tertiary alicyclic amines) is 1. The van der Waals surface area contributed by atoms with Crippen molar-refractivity contribution in [2.45, 2.75) is 25.9 Å². The summed E-state index contributed by atoms with van der Waals surface area (Å²) in [7, 11) is 0. The molecule has 1 aromatic heterocycles. The lowest BCUT2D eigenvalue weighted by Gasteiger charge is -2.26. The van der Waals surface area contributed by atoms with E-state index < -0.39 is 0 Å². The first-order chi connectivity index (χ1) is 16.7. The molecule has 3 aromatic rings. The molecule has 0 saturated carbocycles. The maximum Gasteiger partial charge on any atom is 0.318 e. The summed E-state index contributed by atoms with van der Waals surface area (Å²) in [4.78, 5) is 33.1. The van der Waals surface area contributed by atoms with Gasteiger partial charge in [-0.05, 0) is 43.6 Å². The number of carbonyl (C=O) groups is 1. The van der Waals surface area contributed by atoms with Crippen molar-refractivity contribution in [2.75, 3.05) is 39.4 Å². The molecule has 2 aromatic carbocycles. The molecule has 3 heterocycles. The van der Waals surface area contributed by atoms with E-state index in [1.165, 1.54) is 12.8 Å². The smallest absolute Gasteiger partial charge is 0.318 e. The zero-order valence-corrected chi connectivity index (χ0v) is 19.2. The van der Waals surface area contributed by atoms with Gasteiger partial charge in [-0.25, -0.2) is 4.79 Å². The maximum atomic E-state index is 13.1. The second-order valence-corrected chi connectivity index (χ2v) is 8.82. The van der Waals surface area contributed by atoms with Crippen LogP contribution < -0.4 is 20.3 Å². The molecule has 0 radical (unpaired) electrons. The summed E-state index contributed by atoms with van der Waals surface area (Å²) in [6.07, 6.45) is 2.39. The van der Waals surface area contributed by atoms with Crippen LogP contribution in [0, 0.1) is 0 Å². The second kappa shape index (κ2) is 10.2. The molecule has 8 heteroatoms. The minimum atomic E-state index is -0.203. The van der Waals surface area contributed by atoms with Crippen LogP contribution in [0.4, 0.5) is 4.79 Å². The van der Waals surface area contributed by atoms with Crippen molar-refractivity contribution >= 4 is 16.9 Å². The predicted molar refractivity (Wildman–Crippen MR) is 130 cm³/mol. The molecule has 1 fully saturated rings. The van der Waals surface area contributed by atoms with Crippen LogP contribution in [-0.4, -0.2) is 60.2 Å². The van der Waals surface area contributed by atoms with E-state index in [1.807, 2.05) is 42.5 Å². The monoisotopic (exact) mass is 462 g/mol. The summed E-state index contributed by atoms with van der Waals surface area (Å²) in [6, 6.07) is 15.2. The van der Waals surface area contributed by atoms with E-state index in [1.54, 1.807) is 11.0 Å². The van der Waals surface area contributed by atoms with Crippen LogP contribution in [0.2, 0.25) is 0 Å². The molecule has 2 N–H and O–H groups in total. The Kier molecular flexibility index (Phi) is 6.67. The molecule has 0 aliphatic carbocycles. The number of benzene rings is 2. The molecule has 0 bridgehead atoms. The standard InChI is InChI=1S/C26H30N4O4/c31-25-21(14-20-15-23-24(16-22(20)28-25)34-13-12-33-23)18-30(11-10-29-8-4-5-9-29)26(32)27-17-19-6-2-1-3-7-19/h1-3,6-7,14-16H,4-5,8-13,17-18H2,(H,27,32)(H,28,31). The first-order valence-corrected chi connectivity index (χ1v) is 11.9. The number of rotatable bonds is 7. The summed E-state index contributed by atoms with van der Waals surface area (Å²) in [6.45, 7) is 5.13. The van der Waals surface area contributed by atoms with E-state index in [4.69, 9.17) is 9.47 Å². The van der Waals surface area contributed by atoms with Crippen LogP contribution in [0.3, 0.4) is 0 Å². The first-order valence-electron chi connectivity index (χ1n) is 11.9. The van der Waals surface area contributed by atoms with Crippen molar-refractivity contribution in [3.63, 3.8) is 0 Å². The highest BCUT2D eigenvalue weighted by Crippen LogP contribution is 2.33. The van der Waals surface area contributed by atoms with Gasteiger partial charge in [0.1, 0.15) is 13.2 Å². The Hall–Kier alpha value is -3.52. The zero-order valence-electron chi connectivity index (χ0n) is 19.2. The third-order valence-corrected chi connectivity index (χ3v) is 6.40. The van der Waals surface area contributed by atoms with Crippen molar-refractivity contribution in [3.8, 4) is 11.5 Å². The Morgan fingerprint density at radius 3 is 2.53 bits per heavy atom. The van der Waals surface area contributed by atoms with E-state index in [0.717, 1.165) is 30.6 Å². The molecule has 0 unspecified atom stereocenters. The number of carbonyl (C=O) groups excluding carboxylic acids is 1. The molecular weight excluding hydrogens is 432 g/mol. The van der Waals surface area contributed by atoms with Gasteiger partial charge in [0.05, 0.1) is 12.1 Å². The number of aromatic nitrogens is 1. The highest BCUT2D eigenvalue weighted by Gasteiger charge is 2.20. The lowest BCUT2D eigenvalue weighted by molar-refractivity contribution is 0.172. The molecule has 1 saturated heterocycles. The van der Waals surface area contributed by atoms with Gasteiger partial charge in [0.15, 0.2) is 11.5 Å². The normalized spacial score (nSPS) is 15.4. The van der Waals surface area contributed by atoms with Gasteiger partial charge in [-0.1, -0.05) is 30.3 Å². The van der Waals surface area contributed by atoms with Crippen LogP contribution in [0.1, 0.15) is 24.0 Å². The van der Waals surface area contributed by atoms with E-state index in [0.29, 0.717) is 48.9 Å². The summed E-state index contributed by atoms with van der Waals surface area (Å²) in [5.41, 5.74) is 2.06. The topological polar surface area (TPSA) is 86.9 Å². The first kappa shape index (κ1) is 22.3. The fourth-order valence-corrected chi connectivity index (χ4v) is 4.52. The number of nitrogens with zero attached hydrogens (tertiary/aromatic N) is 2. The predicted octanol–water partition coefficient (Wildman–Crippen LogP) is 3.11. The number of hydrogen-bond acceptors (Lipinski definition) is 5. The van der Waals surface area contributed by atoms with Gasteiger partial charge in [0.25, 0.3) is 5.56 Å². The Morgan fingerprint density at radius 1 is 1.03 bits per heavy atom. The lowest BCUT2D eigenvalue weighted by Crippen LogP contribution is -2.43. The summed E-state index contributed by atoms with van der Waals surface area (Å²) < 4.78 is 11.3. The number of H-pyrrole nitrogens is 1. The quantitative estimate of drug-likeness (QED) is 0.564. The van der Waals surface area contributed by atoms with E-state index in [2.05, 4.69) is 15.2 Å². The van der Waals surface area contributed by atoms with Crippen molar-refractivity contribution in [2.24, 2.45) is 0 Å². The molecule has 34 heavy (non-hydrogen) atoms. The number of fused-ring (bicyclic) bond motifs is 2. The van der Waals surface area contributed by atoms with Gasteiger partial charge in [-0.15, -0.1) is 0 Å². The number of aromatic amines is 1. The van der Waals surface area contributed by atoms with Gasteiger partial charge in [-0.3, -0.25) is 4.79 Å². The average Bonchev–Trinajstić information content (AvgIpc) is 3.38. The van der Waals surface area contributed by atoms with E-state index >= 15 is 0 Å². The van der Waals surface area contributed by atoms with E-state index in [-0.39, 0.29) is 18.1 Å². The van der Waals surface area contributed by atoms with E-state index in [9.17, 15) is 9.59 Å². The van der Waals surface area contributed by atoms with Crippen molar-refractivity contribution < 1.29 is 14.3 Å². The molecule has 0 atom stereocenters. The molecular formula is C26H30N4O4. The Morgan fingerprint density at radius 2 is 1.76 bits per heavy atom. The maximum absolute atomic E-state index is 13.1. The van der Waals surface area contributed by atoms with Crippen LogP contribution in [-0.2, 0) is 13.1 Å². The SMILES string of the molecule is O=C(NCc1ccccc1)N(CCN1CCCC1)Cc1cc2cc3c(cc2[nH]c1=O)OCCO3. The van der Waals surface area contributed by atoms with Gasteiger partial charge in [0.2, 0.25) is 0 Å². The minimum absolute atomic E-state index is 0.176. The minimum Gasteiger partial charge on any atom is -0.486 e. The summed E-state index contributed by atoms with van der Waals surface area (Å²) in [5, 5.41) is 3.86. The second-order valence-electron chi connectivity index (χ2n) is 8.82. The molecule has 178 valence electrons. The molecule has 8 nitrogen and oxygen atoms in total. The van der Waals surface area contributed by atoms with Gasteiger partial charge in [-0.2, -0.15) is 0 Å². The van der Waals surface area contributed by atoms with Gasteiger partial charge < -0.3 is 29.6 Å².